The van der Waals surface area contributed by atoms with E-state index in [9.17, 15) is 4.79 Å². The molecule has 0 saturated carbocycles. The third-order valence-corrected chi connectivity index (χ3v) is 3.23. The van der Waals surface area contributed by atoms with Crippen molar-refractivity contribution in [2.24, 2.45) is 0 Å². The van der Waals surface area contributed by atoms with Crippen molar-refractivity contribution in [2.45, 2.75) is 38.6 Å². The van der Waals surface area contributed by atoms with Crippen LogP contribution >= 0.6 is 0 Å². The molecule has 0 aromatic carbocycles. The van der Waals surface area contributed by atoms with Gasteiger partial charge in [-0.05, 0) is 44.7 Å². The lowest BCUT2D eigenvalue weighted by Crippen LogP contribution is -2.40. The van der Waals surface area contributed by atoms with Crippen molar-refractivity contribution in [3.05, 3.63) is 17.5 Å². The number of aromatic amines is 1. The molecular formula is C12H20N4O. The first-order valence-corrected chi connectivity index (χ1v) is 6.27. The summed E-state index contributed by atoms with van der Waals surface area (Å²) in [7, 11) is 0. The van der Waals surface area contributed by atoms with Crippen LogP contribution in [0.3, 0.4) is 0 Å². The Morgan fingerprint density at radius 2 is 2.53 bits per heavy atom. The monoisotopic (exact) mass is 236 g/mol. The summed E-state index contributed by atoms with van der Waals surface area (Å²) in [5.74, 6) is 0.145. The number of nitrogens with zero attached hydrogens (tertiary/aromatic N) is 1. The SMILES string of the molecule is Cc1[nH]ncc1CCCNC(=O)[C@@H]1CCCN1. The van der Waals surface area contributed by atoms with Gasteiger partial charge >= 0.3 is 0 Å². The molecule has 0 spiro atoms. The van der Waals surface area contributed by atoms with E-state index in [1.807, 2.05) is 13.1 Å². The second-order valence-corrected chi connectivity index (χ2v) is 4.56. The zero-order valence-corrected chi connectivity index (χ0v) is 10.3. The molecule has 1 aromatic rings. The summed E-state index contributed by atoms with van der Waals surface area (Å²) in [6.45, 7) is 3.72. The highest BCUT2D eigenvalue weighted by atomic mass is 16.2. The second-order valence-electron chi connectivity index (χ2n) is 4.56. The number of carbonyl (C=O) groups is 1. The molecule has 1 aliphatic rings. The van der Waals surface area contributed by atoms with Crippen LogP contribution in [0.4, 0.5) is 0 Å². The Balaban J connectivity index is 1.63. The van der Waals surface area contributed by atoms with Gasteiger partial charge in [0.15, 0.2) is 0 Å². The van der Waals surface area contributed by atoms with Gasteiger partial charge in [-0.3, -0.25) is 9.89 Å². The van der Waals surface area contributed by atoms with Crippen LogP contribution in [-0.2, 0) is 11.2 Å². The number of H-pyrrole nitrogens is 1. The fourth-order valence-corrected chi connectivity index (χ4v) is 2.15. The van der Waals surface area contributed by atoms with Crippen LogP contribution in [0.25, 0.3) is 0 Å². The van der Waals surface area contributed by atoms with Gasteiger partial charge in [-0.15, -0.1) is 0 Å². The molecule has 17 heavy (non-hydrogen) atoms. The summed E-state index contributed by atoms with van der Waals surface area (Å²) < 4.78 is 0. The van der Waals surface area contributed by atoms with E-state index in [0.29, 0.717) is 0 Å². The Labute approximate surface area is 101 Å². The van der Waals surface area contributed by atoms with Crippen LogP contribution in [0.1, 0.15) is 30.5 Å². The lowest BCUT2D eigenvalue weighted by atomic mass is 10.1. The molecule has 0 bridgehead atoms. The first-order chi connectivity index (χ1) is 8.27. The number of rotatable bonds is 5. The molecule has 0 unspecified atom stereocenters. The van der Waals surface area contributed by atoms with Crippen LogP contribution in [-0.4, -0.2) is 35.2 Å². The van der Waals surface area contributed by atoms with E-state index in [1.54, 1.807) is 0 Å². The van der Waals surface area contributed by atoms with E-state index in [-0.39, 0.29) is 11.9 Å². The normalized spacial score (nSPS) is 19.5. The predicted molar refractivity (Wildman–Crippen MR) is 65.7 cm³/mol. The highest BCUT2D eigenvalue weighted by Crippen LogP contribution is 2.06. The molecule has 1 saturated heterocycles. The molecule has 1 fully saturated rings. The quantitative estimate of drug-likeness (QED) is 0.653. The molecule has 3 N–H and O–H groups in total. The van der Waals surface area contributed by atoms with Crippen LogP contribution in [0.5, 0.6) is 0 Å². The molecule has 1 aliphatic heterocycles. The van der Waals surface area contributed by atoms with E-state index in [4.69, 9.17) is 0 Å². The molecular weight excluding hydrogens is 216 g/mol. The second kappa shape index (κ2) is 5.82. The topological polar surface area (TPSA) is 69.8 Å². The maximum Gasteiger partial charge on any atom is 0.237 e. The van der Waals surface area contributed by atoms with Gasteiger partial charge in [0.2, 0.25) is 5.91 Å². The highest BCUT2D eigenvalue weighted by Gasteiger charge is 2.21. The minimum Gasteiger partial charge on any atom is -0.355 e. The Bertz CT molecular complexity index is 368. The van der Waals surface area contributed by atoms with Crippen molar-refractivity contribution in [1.29, 1.82) is 0 Å². The van der Waals surface area contributed by atoms with E-state index in [1.165, 1.54) is 5.56 Å². The average molecular weight is 236 g/mol. The van der Waals surface area contributed by atoms with E-state index < -0.39 is 0 Å². The van der Waals surface area contributed by atoms with Crippen LogP contribution < -0.4 is 10.6 Å². The van der Waals surface area contributed by atoms with Gasteiger partial charge in [0.1, 0.15) is 0 Å². The van der Waals surface area contributed by atoms with E-state index in [0.717, 1.165) is 44.5 Å². The Kier molecular flexibility index (Phi) is 4.14. The van der Waals surface area contributed by atoms with Crippen molar-refractivity contribution < 1.29 is 4.79 Å². The highest BCUT2D eigenvalue weighted by molar-refractivity contribution is 5.81. The van der Waals surface area contributed by atoms with Gasteiger partial charge in [0, 0.05) is 12.2 Å². The number of hydrogen-bond donors (Lipinski definition) is 3. The number of aromatic nitrogens is 2. The number of carbonyl (C=O) groups excluding carboxylic acids is 1. The van der Waals surface area contributed by atoms with E-state index in [2.05, 4.69) is 20.8 Å². The zero-order chi connectivity index (χ0) is 12.1. The van der Waals surface area contributed by atoms with E-state index >= 15 is 0 Å². The van der Waals surface area contributed by atoms with Crippen molar-refractivity contribution in [3.8, 4) is 0 Å². The standard InChI is InChI=1S/C12H20N4O/c1-9-10(8-15-16-9)4-2-7-14-12(17)11-5-3-6-13-11/h8,11,13H,2-7H2,1H3,(H,14,17)(H,15,16)/t11-/m0/s1. The van der Waals surface area contributed by atoms with Crippen LogP contribution in [0, 0.1) is 6.92 Å². The predicted octanol–water partition coefficient (Wildman–Crippen LogP) is 0.519. The third kappa shape index (κ3) is 3.30. The van der Waals surface area contributed by atoms with Crippen LogP contribution in [0.2, 0.25) is 0 Å². The van der Waals surface area contributed by atoms with Crippen molar-refractivity contribution in [1.82, 2.24) is 20.8 Å². The van der Waals surface area contributed by atoms with Crippen molar-refractivity contribution in [3.63, 3.8) is 0 Å². The van der Waals surface area contributed by atoms with Crippen molar-refractivity contribution in [2.75, 3.05) is 13.1 Å². The van der Waals surface area contributed by atoms with Crippen LogP contribution in [0.15, 0.2) is 6.20 Å². The van der Waals surface area contributed by atoms with Gasteiger partial charge in [0.05, 0.1) is 12.2 Å². The number of hydrogen-bond acceptors (Lipinski definition) is 3. The Morgan fingerprint density at radius 3 is 3.18 bits per heavy atom. The summed E-state index contributed by atoms with van der Waals surface area (Å²) in [4.78, 5) is 11.7. The summed E-state index contributed by atoms with van der Waals surface area (Å²) in [6.07, 6.45) is 5.84. The van der Waals surface area contributed by atoms with Gasteiger partial charge in [-0.1, -0.05) is 0 Å². The minimum absolute atomic E-state index is 0.0330. The molecule has 2 rings (SSSR count). The van der Waals surface area contributed by atoms with Gasteiger partial charge < -0.3 is 10.6 Å². The molecule has 0 radical (unpaired) electrons. The van der Waals surface area contributed by atoms with Crippen molar-refractivity contribution >= 4 is 5.91 Å². The molecule has 94 valence electrons. The smallest absolute Gasteiger partial charge is 0.237 e. The summed E-state index contributed by atoms with van der Waals surface area (Å²) >= 11 is 0. The Morgan fingerprint density at radius 1 is 1.65 bits per heavy atom. The lowest BCUT2D eigenvalue weighted by Gasteiger charge is -2.10. The third-order valence-electron chi connectivity index (χ3n) is 3.23. The molecule has 2 heterocycles. The molecule has 1 atom stereocenters. The molecule has 0 aliphatic carbocycles. The zero-order valence-electron chi connectivity index (χ0n) is 10.3. The van der Waals surface area contributed by atoms with Gasteiger partial charge in [0.25, 0.3) is 0 Å². The minimum atomic E-state index is 0.0330. The average Bonchev–Trinajstić information content (AvgIpc) is 2.96. The largest absolute Gasteiger partial charge is 0.355 e. The molecule has 5 heteroatoms. The Hall–Kier alpha value is -1.36. The maximum atomic E-state index is 11.7. The maximum absolute atomic E-state index is 11.7. The molecule has 5 nitrogen and oxygen atoms in total. The number of nitrogens with one attached hydrogen (secondary N) is 3. The number of aryl methyl sites for hydroxylation is 2. The van der Waals surface area contributed by atoms with Gasteiger partial charge in [-0.2, -0.15) is 5.10 Å². The van der Waals surface area contributed by atoms with Gasteiger partial charge in [-0.25, -0.2) is 0 Å². The summed E-state index contributed by atoms with van der Waals surface area (Å²) in [5.41, 5.74) is 2.35. The first kappa shape index (κ1) is 12.1. The molecule has 1 aromatic heterocycles. The lowest BCUT2D eigenvalue weighted by molar-refractivity contribution is -0.122. The fraction of sp³-hybridized carbons (Fsp3) is 0.667. The summed E-state index contributed by atoms with van der Waals surface area (Å²) in [5, 5.41) is 13.1. The number of amides is 1. The summed E-state index contributed by atoms with van der Waals surface area (Å²) in [6, 6.07) is 0.0330. The first-order valence-electron chi connectivity index (χ1n) is 6.27. The molecule has 1 amide bonds. The fourth-order valence-electron chi connectivity index (χ4n) is 2.15.